The van der Waals surface area contributed by atoms with Crippen LogP contribution in [-0.4, -0.2) is 55.6 Å². The van der Waals surface area contributed by atoms with Crippen molar-refractivity contribution in [1.29, 1.82) is 0 Å². The zero-order valence-electron chi connectivity index (χ0n) is 19.5. The van der Waals surface area contributed by atoms with Crippen molar-refractivity contribution < 1.29 is 18.0 Å². The van der Waals surface area contributed by atoms with Crippen molar-refractivity contribution in [3.05, 3.63) is 64.7 Å². The predicted octanol–water partition coefficient (Wildman–Crippen LogP) is 3.60. The Hall–Kier alpha value is -2.42. The van der Waals surface area contributed by atoms with Crippen LogP contribution in [0.2, 0.25) is 5.02 Å². The molecular weight excluding hydrogens is 462 g/mol. The number of carbonyl (C=O) groups excluding carboxylic acids is 2. The number of aryl methyl sites for hydroxylation is 1. The molecule has 9 heteroatoms. The highest BCUT2D eigenvalue weighted by Gasteiger charge is 2.30. The van der Waals surface area contributed by atoms with Gasteiger partial charge < -0.3 is 10.2 Å². The molecule has 0 aliphatic heterocycles. The highest BCUT2D eigenvalue weighted by atomic mass is 35.5. The van der Waals surface area contributed by atoms with Gasteiger partial charge in [-0.15, -0.1) is 0 Å². The quantitative estimate of drug-likeness (QED) is 0.484. The van der Waals surface area contributed by atoms with Crippen LogP contribution in [0, 0.1) is 6.92 Å². The van der Waals surface area contributed by atoms with Crippen LogP contribution in [0.25, 0.3) is 0 Å². The summed E-state index contributed by atoms with van der Waals surface area (Å²) in [6.07, 6.45) is 1.77. The van der Waals surface area contributed by atoms with Crippen molar-refractivity contribution in [2.24, 2.45) is 0 Å². The summed E-state index contributed by atoms with van der Waals surface area (Å²) in [7, 11) is -2.50. The van der Waals surface area contributed by atoms with E-state index in [1.807, 2.05) is 13.8 Å². The molecule has 0 radical (unpaired) electrons. The van der Waals surface area contributed by atoms with E-state index in [0.717, 1.165) is 28.3 Å². The van der Waals surface area contributed by atoms with E-state index in [1.165, 1.54) is 24.1 Å². The molecule has 0 aliphatic rings. The Kier molecular flexibility index (Phi) is 9.88. The summed E-state index contributed by atoms with van der Waals surface area (Å²) in [4.78, 5) is 27.4. The summed E-state index contributed by atoms with van der Waals surface area (Å²) in [5, 5.41) is 3.40. The standard InChI is InChI=1S/C24H32ClN3O4S/c1-5-6-15-26-24(30)19(3)28(16-20-9-11-21(25)12-10-20)23(29)17-27(4)33(31,32)22-13-7-18(2)8-14-22/h7-14,19H,5-6,15-17H2,1-4H3,(H,26,30)/t19-/m1/s1. The second-order valence-electron chi connectivity index (χ2n) is 8.04. The monoisotopic (exact) mass is 493 g/mol. The number of carbonyl (C=O) groups is 2. The first kappa shape index (κ1) is 26.8. The number of hydrogen-bond acceptors (Lipinski definition) is 4. The lowest BCUT2D eigenvalue weighted by Gasteiger charge is -2.30. The van der Waals surface area contributed by atoms with Gasteiger partial charge in [0.25, 0.3) is 0 Å². The van der Waals surface area contributed by atoms with Gasteiger partial charge in [-0.3, -0.25) is 9.59 Å². The van der Waals surface area contributed by atoms with Crippen LogP contribution >= 0.6 is 11.6 Å². The highest BCUT2D eigenvalue weighted by molar-refractivity contribution is 7.89. The Balaban J connectivity index is 2.22. The van der Waals surface area contributed by atoms with Gasteiger partial charge in [0.05, 0.1) is 11.4 Å². The first-order valence-electron chi connectivity index (χ1n) is 10.9. The molecule has 0 fully saturated rings. The molecule has 0 heterocycles. The summed E-state index contributed by atoms with van der Waals surface area (Å²) in [6.45, 7) is 5.81. The summed E-state index contributed by atoms with van der Waals surface area (Å²) in [5.74, 6) is -0.754. The average molecular weight is 494 g/mol. The maximum atomic E-state index is 13.2. The van der Waals surface area contributed by atoms with E-state index in [2.05, 4.69) is 5.32 Å². The smallest absolute Gasteiger partial charge is 0.243 e. The van der Waals surface area contributed by atoms with Crippen molar-refractivity contribution in [1.82, 2.24) is 14.5 Å². The molecule has 2 aromatic rings. The lowest BCUT2D eigenvalue weighted by molar-refractivity contribution is -0.140. The Morgan fingerprint density at radius 1 is 1.06 bits per heavy atom. The van der Waals surface area contributed by atoms with Gasteiger partial charge in [0.1, 0.15) is 6.04 Å². The van der Waals surface area contributed by atoms with Crippen LogP contribution in [0.1, 0.15) is 37.8 Å². The maximum Gasteiger partial charge on any atom is 0.243 e. The van der Waals surface area contributed by atoms with Gasteiger partial charge in [-0.2, -0.15) is 4.31 Å². The maximum absolute atomic E-state index is 13.2. The Bertz CT molecular complexity index is 1040. The minimum Gasteiger partial charge on any atom is -0.354 e. The zero-order chi connectivity index (χ0) is 24.6. The number of likely N-dealkylation sites (N-methyl/N-ethyl adjacent to an activating group) is 1. The van der Waals surface area contributed by atoms with E-state index >= 15 is 0 Å². The van der Waals surface area contributed by atoms with Gasteiger partial charge in [-0.05, 0) is 50.1 Å². The van der Waals surface area contributed by atoms with Crippen LogP contribution in [-0.2, 0) is 26.2 Å². The molecule has 1 atom stereocenters. The third-order valence-electron chi connectivity index (χ3n) is 5.35. The fraction of sp³-hybridized carbons (Fsp3) is 0.417. The van der Waals surface area contributed by atoms with Crippen molar-refractivity contribution >= 4 is 33.4 Å². The number of nitrogens with one attached hydrogen (secondary N) is 1. The Morgan fingerprint density at radius 2 is 1.67 bits per heavy atom. The van der Waals surface area contributed by atoms with Gasteiger partial charge in [0.15, 0.2) is 0 Å². The second-order valence-corrected chi connectivity index (χ2v) is 10.5. The minimum atomic E-state index is -3.86. The summed E-state index contributed by atoms with van der Waals surface area (Å²) < 4.78 is 26.9. The molecule has 180 valence electrons. The number of benzene rings is 2. The third-order valence-corrected chi connectivity index (χ3v) is 7.42. The SMILES string of the molecule is CCCCNC(=O)[C@@H](C)N(Cc1ccc(Cl)cc1)C(=O)CN(C)S(=O)(=O)c1ccc(C)cc1. The number of nitrogens with zero attached hydrogens (tertiary/aromatic N) is 2. The van der Waals surface area contributed by atoms with Crippen LogP contribution in [0.3, 0.4) is 0 Å². The summed E-state index contributed by atoms with van der Waals surface area (Å²) in [6, 6.07) is 12.6. The summed E-state index contributed by atoms with van der Waals surface area (Å²) in [5.41, 5.74) is 1.72. The zero-order valence-corrected chi connectivity index (χ0v) is 21.1. The van der Waals surface area contributed by atoms with Gasteiger partial charge in [-0.1, -0.05) is 54.8 Å². The molecule has 7 nitrogen and oxygen atoms in total. The van der Waals surface area contributed by atoms with Crippen LogP contribution < -0.4 is 5.32 Å². The summed E-state index contributed by atoms with van der Waals surface area (Å²) >= 11 is 5.96. The Morgan fingerprint density at radius 3 is 2.24 bits per heavy atom. The number of halogens is 1. The van der Waals surface area contributed by atoms with E-state index in [-0.39, 0.29) is 17.3 Å². The van der Waals surface area contributed by atoms with Crippen molar-refractivity contribution in [2.45, 2.75) is 51.1 Å². The normalized spacial score (nSPS) is 12.4. The van der Waals surface area contributed by atoms with Crippen molar-refractivity contribution in [3.63, 3.8) is 0 Å². The molecule has 0 aliphatic carbocycles. The number of rotatable bonds is 11. The Labute approximate surface area is 201 Å². The molecule has 2 rings (SSSR count). The number of amides is 2. The fourth-order valence-corrected chi connectivity index (χ4v) is 4.41. The van der Waals surface area contributed by atoms with Gasteiger partial charge in [-0.25, -0.2) is 8.42 Å². The first-order chi connectivity index (χ1) is 15.6. The van der Waals surface area contributed by atoms with E-state index in [9.17, 15) is 18.0 Å². The molecule has 1 N–H and O–H groups in total. The van der Waals surface area contributed by atoms with E-state index < -0.39 is 28.5 Å². The molecule has 33 heavy (non-hydrogen) atoms. The minimum absolute atomic E-state index is 0.109. The predicted molar refractivity (Wildman–Crippen MR) is 130 cm³/mol. The van der Waals surface area contributed by atoms with E-state index in [1.54, 1.807) is 43.3 Å². The number of sulfonamides is 1. The van der Waals surface area contributed by atoms with E-state index in [4.69, 9.17) is 11.6 Å². The van der Waals surface area contributed by atoms with Crippen molar-refractivity contribution in [3.8, 4) is 0 Å². The van der Waals surface area contributed by atoms with Crippen LogP contribution in [0.15, 0.2) is 53.4 Å². The third kappa shape index (κ3) is 7.55. The van der Waals surface area contributed by atoms with Crippen LogP contribution in [0.4, 0.5) is 0 Å². The molecular formula is C24H32ClN3O4S. The van der Waals surface area contributed by atoms with Crippen molar-refractivity contribution in [2.75, 3.05) is 20.1 Å². The number of unbranched alkanes of at least 4 members (excludes halogenated alkanes) is 1. The first-order valence-corrected chi connectivity index (χ1v) is 12.7. The van der Waals surface area contributed by atoms with Crippen LogP contribution in [0.5, 0.6) is 0 Å². The molecule has 0 saturated carbocycles. The molecule has 2 amide bonds. The largest absolute Gasteiger partial charge is 0.354 e. The lowest BCUT2D eigenvalue weighted by Crippen LogP contribution is -2.50. The molecule has 0 spiro atoms. The highest BCUT2D eigenvalue weighted by Crippen LogP contribution is 2.17. The van der Waals surface area contributed by atoms with Gasteiger partial charge in [0, 0.05) is 25.2 Å². The molecule has 0 saturated heterocycles. The molecule has 0 aromatic heterocycles. The fourth-order valence-electron chi connectivity index (χ4n) is 3.16. The second kappa shape index (κ2) is 12.2. The van der Waals surface area contributed by atoms with Gasteiger partial charge >= 0.3 is 0 Å². The lowest BCUT2D eigenvalue weighted by atomic mass is 10.1. The van der Waals surface area contributed by atoms with Gasteiger partial charge in [0.2, 0.25) is 21.8 Å². The molecule has 0 unspecified atom stereocenters. The number of hydrogen-bond donors (Lipinski definition) is 1. The average Bonchev–Trinajstić information content (AvgIpc) is 2.78. The molecule has 0 bridgehead atoms. The topological polar surface area (TPSA) is 86.8 Å². The molecule has 2 aromatic carbocycles. The van der Waals surface area contributed by atoms with E-state index in [0.29, 0.717) is 11.6 Å².